The van der Waals surface area contributed by atoms with Crippen molar-refractivity contribution in [3.05, 3.63) is 22.4 Å². The molecular weight excluding hydrogens is 232 g/mol. The van der Waals surface area contributed by atoms with Crippen LogP contribution in [-0.4, -0.2) is 29.9 Å². The molecule has 1 amide bonds. The molecule has 0 saturated heterocycles. The number of likely N-dealkylation sites (N-methyl/N-ethyl adjacent to an activating group) is 1. The van der Waals surface area contributed by atoms with Gasteiger partial charge in [0.15, 0.2) is 0 Å². The summed E-state index contributed by atoms with van der Waals surface area (Å²) in [4.78, 5) is 15.1. The summed E-state index contributed by atoms with van der Waals surface area (Å²) in [6.07, 6.45) is 2.23. The molecule has 0 aliphatic rings. The molecule has 4 heteroatoms. The Bertz CT molecular complexity index is 335. The molecular formula is C13H22N2OS. The van der Waals surface area contributed by atoms with E-state index in [4.69, 9.17) is 5.73 Å². The first kappa shape index (κ1) is 14.2. The number of carbonyl (C=O) groups is 1. The quantitative estimate of drug-likeness (QED) is 0.846. The van der Waals surface area contributed by atoms with Crippen LogP contribution in [0.25, 0.3) is 0 Å². The topological polar surface area (TPSA) is 46.3 Å². The summed E-state index contributed by atoms with van der Waals surface area (Å²) in [7, 11) is 1.88. The van der Waals surface area contributed by atoms with E-state index in [1.165, 1.54) is 4.88 Å². The maximum absolute atomic E-state index is 11.9. The number of thiophene rings is 1. The lowest BCUT2D eigenvalue weighted by Crippen LogP contribution is -2.36. The zero-order chi connectivity index (χ0) is 12.8. The van der Waals surface area contributed by atoms with E-state index in [1.807, 2.05) is 24.9 Å². The average Bonchev–Trinajstić information content (AvgIpc) is 2.77. The van der Waals surface area contributed by atoms with Crippen LogP contribution in [0.5, 0.6) is 0 Å². The number of nitrogens with two attached hydrogens (primary N) is 1. The lowest BCUT2D eigenvalue weighted by atomic mass is 10.1. The predicted octanol–water partition coefficient (Wildman–Crippen LogP) is 2.26. The van der Waals surface area contributed by atoms with Crippen molar-refractivity contribution >= 4 is 17.2 Å². The van der Waals surface area contributed by atoms with E-state index in [1.54, 1.807) is 11.3 Å². The Morgan fingerprint density at radius 1 is 1.53 bits per heavy atom. The van der Waals surface area contributed by atoms with Crippen LogP contribution in [-0.2, 0) is 11.2 Å². The van der Waals surface area contributed by atoms with Gasteiger partial charge in [-0.15, -0.1) is 11.3 Å². The Kier molecular flexibility index (Phi) is 5.65. The third-order valence-corrected chi connectivity index (χ3v) is 3.84. The van der Waals surface area contributed by atoms with Gasteiger partial charge in [-0.25, -0.2) is 0 Å². The highest BCUT2D eigenvalue weighted by molar-refractivity contribution is 7.09. The van der Waals surface area contributed by atoms with Gasteiger partial charge in [-0.05, 0) is 31.7 Å². The van der Waals surface area contributed by atoms with E-state index in [0.29, 0.717) is 6.42 Å². The third-order valence-electron chi connectivity index (χ3n) is 2.94. The lowest BCUT2D eigenvalue weighted by Gasteiger charge is -2.25. The Labute approximate surface area is 108 Å². The van der Waals surface area contributed by atoms with E-state index in [0.717, 1.165) is 12.8 Å². The molecule has 17 heavy (non-hydrogen) atoms. The average molecular weight is 254 g/mol. The van der Waals surface area contributed by atoms with Crippen molar-refractivity contribution in [1.82, 2.24) is 4.90 Å². The molecule has 0 aromatic carbocycles. The van der Waals surface area contributed by atoms with Crippen molar-refractivity contribution < 1.29 is 4.79 Å². The second-order valence-electron chi connectivity index (χ2n) is 4.65. The monoisotopic (exact) mass is 254 g/mol. The van der Waals surface area contributed by atoms with Crippen LogP contribution in [0.1, 0.15) is 31.6 Å². The van der Waals surface area contributed by atoms with E-state index in [9.17, 15) is 4.79 Å². The van der Waals surface area contributed by atoms with Crippen LogP contribution in [0.4, 0.5) is 0 Å². The minimum absolute atomic E-state index is 0.0972. The molecule has 2 atom stereocenters. The molecule has 2 N–H and O–H groups in total. The summed E-state index contributed by atoms with van der Waals surface area (Å²) >= 11 is 1.74. The third kappa shape index (κ3) is 4.88. The number of rotatable bonds is 6. The van der Waals surface area contributed by atoms with Crippen molar-refractivity contribution in [3.8, 4) is 0 Å². The van der Waals surface area contributed by atoms with Crippen molar-refractivity contribution in [2.75, 3.05) is 7.05 Å². The fraction of sp³-hybridized carbons (Fsp3) is 0.615. The summed E-state index contributed by atoms with van der Waals surface area (Å²) in [6.45, 7) is 4.02. The first-order chi connectivity index (χ1) is 8.00. The molecule has 0 aliphatic heterocycles. The van der Waals surface area contributed by atoms with E-state index in [2.05, 4.69) is 18.4 Å². The maximum atomic E-state index is 11.9. The van der Waals surface area contributed by atoms with Crippen molar-refractivity contribution in [1.29, 1.82) is 0 Å². The zero-order valence-corrected chi connectivity index (χ0v) is 11.7. The molecule has 1 aromatic rings. The molecule has 0 fully saturated rings. The molecule has 96 valence electrons. The van der Waals surface area contributed by atoms with E-state index in [-0.39, 0.29) is 18.0 Å². The summed E-state index contributed by atoms with van der Waals surface area (Å²) in [5.74, 6) is 0.186. The van der Waals surface area contributed by atoms with Gasteiger partial charge in [-0.1, -0.05) is 6.07 Å². The Hall–Kier alpha value is -0.870. The molecule has 0 aliphatic carbocycles. The minimum Gasteiger partial charge on any atom is -0.343 e. The van der Waals surface area contributed by atoms with Gasteiger partial charge < -0.3 is 10.6 Å². The second kappa shape index (κ2) is 6.77. The Morgan fingerprint density at radius 3 is 2.76 bits per heavy atom. The van der Waals surface area contributed by atoms with Crippen LogP contribution in [0.3, 0.4) is 0 Å². The van der Waals surface area contributed by atoms with Gasteiger partial charge in [0.05, 0.1) is 0 Å². The lowest BCUT2D eigenvalue weighted by molar-refractivity contribution is -0.131. The molecule has 1 heterocycles. The molecule has 1 rings (SSSR count). The van der Waals surface area contributed by atoms with Gasteiger partial charge in [0, 0.05) is 36.9 Å². The molecule has 0 spiro atoms. The van der Waals surface area contributed by atoms with Crippen LogP contribution < -0.4 is 5.73 Å². The van der Waals surface area contributed by atoms with Crippen LogP contribution in [0, 0.1) is 0 Å². The second-order valence-corrected chi connectivity index (χ2v) is 5.69. The van der Waals surface area contributed by atoms with E-state index >= 15 is 0 Å². The fourth-order valence-corrected chi connectivity index (χ4v) is 2.46. The fourth-order valence-electron chi connectivity index (χ4n) is 1.63. The number of hydrogen-bond acceptors (Lipinski definition) is 3. The summed E-state index contributed by atoms with van der Waals surface area (Å²) in [6, 6.07) is 4.50. The molecule has 0 bridgehead atoms. The van der Waals surface area contributed by atoms with Crippen molar-refractivity contribution in [2.24, 2.45) is 5.73 Å². The SMILES string of the molecule is CC(N)CCC(=O)N(C)C(C)Cc1cccs1. The molecule has 1 aromatic heterocycles. The number of hydrogen-bond donors (Lipinski definition) is 1. The first-order valence-electron chi connectivity index (χ1n) is 6.04. The number of nitrogens with zero attached hydrogens (tertiary/aromatic N) is 1. The number of carbonyl (C=O) groups excluding carboxylic acids is 1. The highest BCUT2D eigenvalue weighted by atomic mass is 32.1. The van der Waals surface area contributed by atoms with Crippen LogP contribution in [0.2, 0.25) is 0 Å². The molecule has 3 nitrogen and oxygen atoms in total. The number of amides is 1. The zero-order valence-electron chi connectivity index (χ0n) is 10.8. The predicted molar refractivity (Wildman–Crippen MR) is 73.1 cm³/mol. The normalized spacial score (nSPS) is 14.4. The highest BCUT2D eigenvalue weighted by Crippen LogP contribution is 2.14. The van der Waals surface area contributed by atoms with Crippen molar-refractivity contribution in [3.63, 3.8) is 0 Å². The van der Waals surface area contributed by atoms with Crippen LogP contribution >= 0.6 is 11.3 Å². The summed E-state index contributed by atoms with van der Waals surface area (Å²) < 4.78 is 0. The van der Waals surface area contributed by atoms with Gasteiger partial charge >= 0.3 is 0 Å². The van der Waals surface area contributed by atoms with Crippen molar-refractivity contribution in [2.45, 2.75) is 45.2 Å². The maximum Gasteiger partial charge on any atom is 0.222 e. The molecule has 2 unspecified atom stereocenters. The smallest absolute Gasteiger partial charge is 0.222 e. The van der Waals surface area contributed by atoms with Gasteiger partial charge in [-0.2, -0.15) is 0 Å². The molecule has 0 saturated carbocycles. The van der Waals surface area contributed by atoms with Gasteiger partial charge in [0.1, 0.15) is 0 Å². The Balaban J connectivity index is 2.40. The summed E-state index contributed by atoms with van der Waals surface area (Å²) in [5.41, 5.74) is 5.66. The Morgan fingerprint density at radius 2 is 2.24 bits per heavy atom. The summed E-state index contributed by atoms with van der Waals surface area (Å²) in [5, 5.41) is 2.07. The first-order valence-corrected chi connectivity index (χ1v) is 6.92. The highest BCUT2D eigenvalue weighted by Gasteiger charge is 2.16. The largest absolute Gasteiger partial charge is 0.343 e. The minimum atomic E-state index is 0.0972. The van der Waals surface area contributed by atoms with Gasteiger partial charge in [0.25, 0.3) is 0 Å². The standard InChI is InChI=1S/C13H22N2OS/c1-10(14)6-7-13(16)15(3)11(2)9-12-5-4-8-17-12/h4-5,8,10-11H,6-7,9,14H2,1-3H3. The van der Waals surface area contributed by atoms with Gasteiger partial charge in [0.2, 0.25) is 5.91 Å². The van der Waals surface area contributed by atoms with Gasteiger partial charge in [-0.3, -0.25) is 4.79 Å². The van der Waals surface area contributed by atoms with E-state index < -0.39 is 0 Å². The molecule has 0 radical (unpaired) electrons. The van der Waals surface area contributed by atoms with Crippen LogP contribution in [0.15, 0.2) is 17.5 Å².